The topological polar surface area (TPSA) is 67.9 Å². The summed E-state index contributed by atoms with van der Waals surface area (Å²) in [6.45, 7) is 7.52. The van der Waals surface area contributed by atoms with Gasteiger partial charge in [-0.1, -0.05) is 6.42 Å². The summed E-state index contributed by atoms with van der Waals surface area (Å²) in [5.41, 5.74) is -0.478. The first-order valence-electron chi connectivity index (χ1n) is 7.58. The van der Waals surface area contributed by atoms with Gasteiger partial charge in [-0.2, -0.15) is 0 Å². The van der Waals surface area contributed by atoms with Crippen LogP contribution in [0.15, 0.2) is 0 Å². The van der Waals surface area contributed by atoms with Crippen molar-refractivity contribution in [2.75, 3.05) is 33.4 Å². The fourth-order valence-corrected chi connectivity index (χ4v) is 2.25. The molecule has 6 nitrogen and oxygen atoms in total. The maximum atomic E-state index is 12.1. The summed E-state index contributed by atoms with van der Waals surface area (Å²) < 4.78 is 10.8. The molecule has 122 valence electrons. The van der Waals surface area contributed by atoms with Gasteiger partial charge >= 0.3 is 6.09 Å². The third kappa shape index (κ3) is 7.32. The number of hydrogen-bond acceptors (Lipinski definition) is 4. The van der Waals surface area contributed by atoms with Crippen LogP contribution in [0, 0.1) is 5.92 Å². The second kappa shape index (κ2) is 8.22. The Bertz CT molecular complexity index is 352. The predicted octanol–water partition coefficient (Wildman–Crippen LogP) is 1.79. The maximum Gasteiger partial charge on any atom is 0.410 e. The second-order valence-corrected chi connectivity index (χ2v) is 6.48. The van der Waals surface area contributed by atoms with E-state index in [1.54, 1.807) is 11.9 Å². The number of ether oxygens (including phenoxy) is 2. The zero-order valence-corrected chi connectivity index (χ0v) is 13.6. The van der Waals surface area contributed by atoms with Gasteiger partial charge in [-0.25, -0.2) is 4.79 Å². The van der Waals surface area contributed by atoms with Crippen molar-refractivity contribution in [3.05, 3.63) is 0 Å². The van der Waals surface area contributed by atoms with Gasteiger partial charge in [0.05, 0.1) is 6.61 Å². The number of carbonyl (C=O) groups is 2. The van der Waals surface area contributed by atoms with Gasteiger partial charge in [0.2, 0.25) is 5.91 Å². The van der Waals surface area contributed by atoms with Gasteiger partial charge in [-0.3, -0.25) is 4.79 Å². The second-order valence-electron chi connectivity index (χ2n) is 6.48. The first-order valence-corrected chi connectivity index (χ1v) is 7.58. The summed E-state index contributed by atoms with van der Waals surface area (Å²) in [4.78, 5) is 25.0. The fraction of sp³-hybridized carbons (Fsp3) is 0.867. The SMILES string of the molecule is CNC(=O)COCC1CCCCN(C(=O)OC(C)(C)C)C1. The normalized spacial score (nSPS) is 19.8. The highest BCUT2D eigenvalue weighted by atomic mass is 16.6. The van der Waals surface area contributed by atoms with Crippen LogP contribution < -0.4 is 5.32 Å². The van der Waals surface area contributed by atoms with Gasteiger partial charge in [-0.05, 0) is 33.6 Å². The van der Waals surface area contributed by atoms with Crippen LogP contribution in [-0.4, -0.2) is 55.9 Å². The van der Waals surface area contributed by atoms with Gasteiger partial charge in [0.25, 0.3) is 0 Å². The van der Waals surface area contributed by atoms with E-state index in [-0.39, 0.29) is 24.5 Å². The van der Waals surface area contributed by atoms with E-state index in [4.69, 9.17) is 9.47 Å². The van der Waals surface area contributed by atoms with E-state index in [1.807, 2.05) is 20.8 Å². The average molecular weight is 300 g/mol. The predicted molar refractivity (Wildman–Crippen MR) is 80.0 cm³/mol. The number of nitrogens with zero attached hydrogens (tertiary/aromatic N) is 1. The van der Waals surface area contributed by atoms with Crippen molar-refractivity contribution in [2.45, 2.75) is 45.6 Å². The number of likely N-dealkylation sites (N-methyl/N-ethyl adjacent to an activating group) is 1. The van der Waals surface area contributed by atoms with Crippen LogP contribution in [0.25, 0.3) is 0 Å². The van der Waals surface area contributed by atoms with E-state index in [9.17, 15) is 9.59 Å². The molecule has 0 aromatic carbocycles. The van der Waals surface area contributed by atoms with Crippen molar-refractivity contribution in [3.63, 3.8) is 0 Å². The zero-order valence-electron chi connectivity index (χ0n) is 13.6. The highest BCUT2D eigenvalue weighted by molar-refractivity contribution is 5.76. The maximum absolute atomic E-state index is 12.1. The van der Waals surface area contributed by atoms with Crippen LogP contribution in [0.4, 0.5) is 4.79 Å². The summed E-state index contributed by atoms with van der Waals surface area (Å²) in [7, 11) is 1.58. The van der Waals surface area contributed by atoms with Crippen molar-refractivity contribution >= 4 is 12.0 Å². The van der Waals surface area contributed by atoms with Crippen molar-refractivity contribution in [2.24, 2.45) is 5.92 Å². The molecule has 0 spiro atoms. The van der Waals surface area contributed by atoms with Gasteiger partial charge in [-0.15, -0.1) is 0 Å². The van der Waals surface area contributed by atoms with Gasteiger partial charge in [0, 0.05) is 26.1 Å². The summed E-state index contributed by atoms with van der Waals surface area (Å²) in [5.74, 6) is 0.122. The molecule has 0 aliphatic carbocycles. The first-order chi connectivity index (χ1) is 9.81. The number of nitrogens with one attached hydrogen (secondary N) is 1. The Hall–Kier alpha value is -1.30. The molecule has 1 fully saturated rings. The first kappa shape index (κ1) is 17.8. The Balaban J connectivity index is 2.44. The number of likely N-dealkylation sites (tertiary alicyclic amines) is 1. The molecule has 1 rings (SSSR count). The summed E-state index contributed by atoms with van der Waals surface area (Å²) in [5, 5.41) is 2.52. The molecule has 6 heteroatoms. The van der Waals surface area contributed by atoms with Crippen molar-refractivity contribution in [3.8, 4) is 0 Å². The molecule has 2 amide bonds. The average Bonchev–Trinajstić information content (AvgIpc) is 2.62. The van der Waals surface area contributed by atoms with E-state index < -0.39 is 5.60 Å². The number of carbonyl (C=O) groups excluding carboxylic acids is 2. The third-order valence-corrected chi connectivity index (χ3v) is 3.29. The molecule has 0 radical (unpaired) electrons. The molecule has 1 N–H and O–H groups in total. The van der Waals surface area contributed by atoms with Crippen LogP contribution in [0.3, 0.4) is 0 Å². The van der Waals surface area contributed by atoms with Gasteiger partial charge in [0.15, 0.2) is 0 Å². The van der Waals surface area contributed by atoms with Crippen LogP contribution in [0.5, 0.6) is 0 Å². The van der Waals surface area contributed by atoms with Crippen LogP contribution in [0.1, 0.15) is 40.0 Å². The zero-order chi connectivity index (χ0) is 15.9. The minimum absolute atomic E-state index is 0.0689. The minimum Gasteiger partial charge on any atom is -0.444 e. The highest BCUT2D eigenvalue weighted by Crippen LogP contribution is 2.19. The molecule has 1 aliphatic rings. The molecule has 0 saturated carbocycles. The largest absolute Gasteiger partial charge is 0.444 e. The van der Waals surface area contributed by atoms with E-state index in [0.717, 1.165) is 25.8 Å². The lowest BCUT2D eigenvalue weighted by molar-refractivity contribution is -0.125. The molecule has 1 atom stereocenters. The molecule has 1 saturated heterocycles. The Morgan fingerprint density at radius 2 is 2.00 bits per heavy atom. The van der Waals surface area contributed by atoms with Gasteiger partial charge < -0.3 is 19.7 Å². The lowest BCUT2D eigenvalue weighted by Gasteiger charge is -2.28. The standard InChI is InChI=1S/C15H28N2O4/c1-15(2,3)21-14(19)17-8-6-5-7-12(9-17)10-20-11-13(18)16-4/h12H,5-11H2,1-4H3,(H,16,18). The minimum atomic E-state index is -0.478. The quantitative estimate of drug-likeness (QED) is 0.859. The van der Waals surface area contributed by atoms with E-state index >= 15 is 0 Å². The molecule has 0 aromatic rings. The summed E-state index contributed by atoms with van der Waals surface area (Å²) >= 11 is 0. The van der Waals surface area contributed by atoms with Crippen molar-refractivity contribution < 1.29 is 19.1 Å². The smallest absolute Gasteiger partial charge is 0.410 e. The van der Waals surface area contributed by atoms with Crippen molar-refractivity contribution in [1.29, 1.82) is 0 Å². The fourth-order valence-electron chi connectivity index (χ4n) is 2.25. The molecule has 0 bridgehead atoms. The van der Waals surface area contributed by atoms with Crippen molar-refractivity contribution in [1.82, 2.24) is 10.2 Å². The van der Waals surface area contributed by atoms with Crippen LogP contribution >= 0.6 is 0 Å². The monoisotopic (exact) mass is 300 g/mol. The third-order valence-electron chi connectivity index (χ3n) is 3.29. The number of hydrogen-bond donors (Lipinski definition) is 1. The number of amides is 2. The van der Waals surface area contributed by atoms with Gasteiger partial charge in [0.1, 0.15) is 12.2 Å². The Morgan fingerprint density at radius 3 is 2.62 bits per heavy atom. The molecule has 1 heterocycles. The molecular weight excluding hydrogens is 272 g/mol. The van der Waals surface area contributed by atoms with E-state index in [0.29, 0.717) is 13.2 Å². The lowest BCUT2D eigenvalue weighted by atomic mass is 10.0. The number of rotatable bonds is 4. The highest BCUT2D eigenvalue weighted by Gasteiger charge is 2.26. The molecule has 1 aliphatic heterocycles. The molecule has 1 unspecified atom stereocenters. The van der Waals surface area contributed by atoms with E-state index in [2.05, 4.69) is 5.32 Å². The van der Waals surface area contributed by atoms with Crippen LogP contribution in [-0.2, 0) is 14.3 Å². The van der Waals surface area contributed by atoms with Crippen LogP contribution in [0.2, 0.25) is 0 Å². The Morgan fingerprint density at radius 1 is 1.29 bits per heavy atom. The lowest BCUT2D eigenvalue weighted by Crippen LogP contribution is -2.40. The Kier molecular flexibility index (Phi) is 6.95. The molecular formula is C15H28N2O4. The summed E-state index contributed by atoms with van der Waals surface area (Å²) in [6.07, 6.45) is 2.78. The van der Waals surface area contributed by atoms with E-state index in [1.165, 1.54) is 0 Å². The molecule has 21 heavy (non-hydrogen) atoms. The molecule has 0 aromatic heterocycles. The Labute approximate surface area is 127 Å². The summed E-state index contributed by atoms with van der Waals surface area (Å²) in [6, 6.07) is 0.